The zero-order valence-electron chi connectivity index (χ0n) is 15.7. The Morgan fingerprint density at radius 2 is 1.83 bits per heavy atom. The molecule has 4 rings (SSSR count). The van der Waals surface area contributed by atoms with Crippen LogP contribution in [0.15, 0.2) is 30.3 Å². The molecule has 0 fully saturated rings. The monoisotopic (exact) mass is 398 g/mol. The number of rotatable bonds is 4. The Hall–Kier alpha value is -3.09. The van der Waals surface area contributed by atoms with Crippen molar-refractivity contribution in [3.05, 3.63) is 69.8 Å². The van der Waals surface area contributed by atoms with Gasteiger partial charge in [0.25, 0.3) is 0 Å². The van der Waals surface area contributed by atoms with Gasteiger partial charge in [0.05, 0.1) is 12.0 Å². The molecular weight excluding hydrogens is 378 g/mol. The molecule has 0 aromatic heterocycles. The van der Waals surface area contributed by atoms with E-state index >= 15 is 0 Å². The molecule has 1 amide bonds. The van der Waals surface area contributed by atoms with E-state index in [1.54, 1.807) is 17.0 Å². The normalized spacial score (nSPS) is 17.6. The zero-order chi connectivity index (χ0) is 20.7. The first-order valence-electron chi connectivity index (χ1n) is 9.51. The minimum atomic E-state index is -0.979. The molecule has 29 heavy (non-hydrogen) atoms. The van der Waals surface area contributed by atoms with Crippen molar-refractivity contribution in [1.82, 2.24) is 4.90 Å². The topological polar surface area (TPSA) is 81.5 Å². The second-order valence-corrected chi connectivity index (χ2v) is 7.61. The van der Waals surface area contributed by atoms with Crippen molar-refractivity contribution in [2.75, 3.05) is 6.54 Å². The van der Waals surface area contributed by atoms with E-state index in [9.17, 15) is 18.4 Å². The van der Waals surface area contributed by atoms with Crippen LogP contribution in [0.4, 0.5) is 8.78 Å². The first-order valence-corrected chi connectivity index (χ1v) is 9.51. The molecule has 0 saturated heterocycles. The summed E-state index contributed by atoms with van der Waals surface area (Å²) in [5.41, 5.74) is 3.58. The van der Waals surface area contributed by atoms with Crippen LogP contribution >= 0.6 is 0 Å². The van der Waals surface area contributed by atoms with Gasteiger partial charge in [0.15, 0.2) is 11.6 Å². The summed E-state index contributed by atoms with van der Waals surface area (Å²) in [5, 5.41) is 17.5. The zero-order valence-corrected chi connectivity index (χ0v) is 15.7. The van der Waals surface area contributed by atoms with Gasteiger partial charge < -0.3 is 15.4 Å². The van der Waals surface area contributed by atoms with Gasteiger partial charge in [0.2, 0.25) is 5.91 Å². The Kier molecular flexibility index (Phi) is 4.90. The third-order valence-corrected chi connectivity index (χ3v) is 5.84. The van der Waals surface area contributed by atoms with Gasteiger partial charge in [-0.25, -0.2) is 13.6 Å². The molecule has 0 saturated carbocycles. The Balaban J connectivity index is 1.44. The van der Waals surface area contributed by atoms with E-state index in [4.69, 9.17) is 10.5 Å². The number of nitrogens with zero attached hydrogens (tertiary/aromatic N) is 1. The minimum absolute atomic E-state index is 0.0638. The Bertz CT molecular complexity index is 1030. The van der Waals surface area contributed by atoms with Crippen molar-refractivity contribution >= 4 is 17.6 Å². The first kappa shape index (κ1) is 19.2. The molecule has 1 unspecified atom stereocenters. The second-order valence-electron chi connectivity index (χ2n) is 7.61. The molecule has 2 N–H and O–H groups in total. The highest BCUT2D eigenvalue weighted by molar-refractivity contribution is 6.03. The molecule has 1 aliphatic carbocycles. The third-order valence-electron chi connectivity index (χ3n) is 5.84. The van der Waals surface area contributed by atoms with Crippen molar-refractivity contribution in [1.29, 1.82) is 5.41 Å². The van der Waals surface area contributed by atoms with Crippen molar-refractivity contribution in [2.24, 2.45) is 0 Å². The van der Waals surface area contributed by atoms with Crippen molar-refractivity contribution in [3.63, 3.8) is 0 Å². The van der Waals surface area contributed by atoms with E-state index in [2.05, 4.69) is 0 Å². The maximum atomic E-state index is 13.6. The maximum absolute atomic E-state index is 13.6. The van der Waals surface area contributed by atoms with Crippen molar-refractivity contribution in [2.45, 2.75) is 38.1 Å². The summed E-state index contributed by atoms with van der Waals surface area (Å²) in [6.07, 6.45) is 1.64. The quantitative estimate of drug-likeness (QED) is 0.771. The highest BCUT2D eigenvalue weighted by Crippen LogP contribution is 2.36. The van der Waals surface area contributed by atoms with Crippen molar-refractivity contribution < 1.29 is 23.5 Å². The van der Waals surface area contributed by atoms with E-state index in [0.717, 1.165) is 17.2 Å². The molecule has 2 aliphatic rings. The number of benzene rings is 2. The number of amides is 1. The number of fused-ring (bicyclic) bond motifs is 2. The molecule has 0 bridgehead atoms. The lowest BCUT2D eigenvalue weighted by Crippen LogP contribution is -2.37. The average Bonchev–Trinajstić information content (AvgIpc) is 3.10. The molecule has 1 heterocycles. The molecule has 1 aliphatic heterocycles. The number of nitrogens with one attached hydrogen (secondary N) is 1. The highest BCUT2D eigenvalue weighted by atomic mass is 19.2. The van der Waals surface area contributed by atoms with Crippen LogP contribution in [0, 0.1) is 17.0 Å². The number of aryl methyl sites for hydroxylation is 1. The van der Waals surface area contributed by atoms with E-state index in [-0.39, 0.29) is 29.5 Å². The van der Waals surface area contributed by atoms with E-state index < -0.39 is 17.6 Å². The smallest absolute Gasteiger partial charge is 0.335 e. The van der Waals surface area contributed by atoms with E-state index in [0.29, 0.717) is 43.5 Å². The molecule has 5 nitrogen and oxygen atoms in total. The standard InChI is InChI=1S/C22H20F2N2O3/c23-18-8-13-3-4-16(17(13)9-19(18)24)20(25)10-21(27)26-6-5-12-7-14(22(28)29)1-2-15(12)11-26/h1-2,7-9,16,25H,3-6,10-11H2,(H,28,29). The molecular formula is C22H20F2N2O3. The maximum Gasteiger partial charge on any atom is 0.335 e. The van der Waals surface area contributed by atoms with Crippen LogP contribution in [0.25, 0.3) is 0 Å². The van der Waals surface area contributed by atoms with Crippen LogP contribution in [0.2, 0.25) is 0 Å². The third kappa shape index (κ3) is 3.64. The van der Waals surface area contributed by atoms with Gasteiger partial charge in [-0.3, -0.25) is 4.79 Å². The van der Waals surface area contributed by atoms with Gasteiger partial charge in [0.1, 0.15) is 0 Å². The lowest BCUT2D eigenvalue weighted by molar-refractivity contribution is -0.130. The fourth-order valence-electron chi connectivity index (χ4n) is 4.26. The SMILES string of the molecule is N=C(CC(=O)N1CCc2cc(C(=O)O)ccc2C1)C1CCc2cc(F)c(F)cc21. The number of carbonyl (C=O) groups excluding carboxylic acids is 1. The summed E-state index contributed by atoms with van der Waals surface area (Å²) in [6, 6.07) is 7.24. The van der Waals surface area contributed by atoms with Crippen LogP contribution in [0.3, 0.4) is 0 Å². The lowest BCUT2D eigenvalue weighted by atomic mass is 9.92. The number of carboxylic acids is 1. The lowest BCUT2D eigenvalue weighted by Gasteiger charge is -2.29. The average molecular weight is 398 g/mol. The predicted molar refractivity (Wildman–Crippen MR) is 102 cm³/mol. The van der Waals surface area contributed by atoms with Crippen LogP contribution in [0.5, 0.6) is 0 Å². The summed E-state index contributed by atoms with van der Waals surface area (Å²) in [4.78, 5) is 25.5. The summed E-state index contributed by atoms with van der Waals surface area (Å²) in [5.74, 6) is -3.33. The summed E-state index contributed by atoms with van der Waals surface area (Å²) in [6.45, 7) is 0.839. The molecule has 2 aromatic carbocycles. The van der Waals surface area contributed by atoms with Crippen molar-refractivity contribution in [3.8, 4) is 0 Å². The van der Waals surface area contributed by atoms with Crippen LogP contribution < -0.4 is 0 Å². The Morgan fingerprint density at radius 1 is 1.07 bits per heavy atom. The number of aromatic carboxylic acids is 1. The molecule has 7 heteroatoms. The largest absolute Gasteiger partial charge is 0.478 e. The molecule has 2 aromatic rings. The predicted octanol–water partition coefficient (Wildman–Crippen LogP) is 3.69. The molecule has 0 radical (unpaired) electrons. The van der Waals surface area contributed by atoms with Crippen LogP contribution in [-0.4, -0.2) is 34.1 Å². The van der Waals surface area contributed by atoms with E-state index in [1.807, 2.05) is 0 Å². The Labute approximate surface area is 166 Å². The fraction of sp³-hybridized carbons (Fsp3) is 0.318. The summed E-state index contributed by atoms with van der Waals surface area (Å²) in [7, 11) is 0. The van der Waals surface area contributed by atoms with E-state index in [1.165, 1.54) is 12.1 Å². The summed E-state index contributed by atoms with van der Waals surface area (Å²) < 4.78 is 27.0. The van der Waals surface area contributed by atoms with Crippen LogP contribution in [0.1, 0.15) is 51.4 Å². The van der Waals surface area contributed by atoms with Gasteiger partial charge in [-0.1, -0.05) is 6.07 Å². The Morgan fingerprint density at radius 3 is 2.59 bits per heavy atom. The molecule has 1 atom stereocenters. The fourth-order valence-corrected chi connectivity index (χ4v) is 4.26. The summed E-state index contributed by atoms with van der Waals surface area (Å²) >= 11 is 0. The highest BCUT2D eigenvalue weighted by Gasteiger charge is 2.30. The van der Waals surface area contributed by atoms with Crippen LogP contribution in [-0.2, 0) is 24.2 Å². The molecule has 150 valence electrons. The number of carbonyl (C=O) groups is 2. The second kappa shape index (κ2) is 7.39. The van der Waals surface area contributed by atoms with Gasteiger partial charge in [-0.15, -0.1) is 0 Å². The number of carboxylic acid groups (broad SMARTS) is 1. The minimum Gasteiger partial charge on any atom is -0.478 e. The first-order chi connectivity index (χ1) is 13.8. The number of halogens is 2. The number of hydrogen-bond donors (Lipinski definition) is 2. The van der Waals surface area contributed by atoms with Gasteiger partial charge in [0, 0.05) is 24.7 Å². The van der Waals surface area contributed by atoms with Gasteiger partial charge in [-0.05, 0) is 65.8 Å². The number of hydrogen-bond acceptors (Lipinski definition) is 3. The van der Waals surface area contributed by atoms with Gasteiger partial charge >= 0.3 is 5.97 Å². The van der Waals surface area contributed by atoms with Gasteiger partial charge in [-0.2, -0.15) is 0 Å². The molecule has 0 spiro atoms.